The number of aliphatic hydroxyl groups excluding tert-OH is 1. The van der Waals surface area contributed by atoms with Gasteiger partial charge < -0.3 is 5.11 Å². The minimum Gasteiger partial charge on any atom is -0.390 e. The molecule has 0 radical (unpaired) electrons. The Bertz CT molecular complexity index is 390. The van der Waals surface area contributed by atoms with Crippen LogP contribution in [0.2, 0.25) is 0 Å². The van der Waals surface area contributed by atoms with E-state index in [0.717, 1.165) is 6.20 Å². The third kappa shape index (κ3) is 1.89. The number of halogens is 3. The summed E-state index contributed by atoms with van der Waals surface area (Å²) in [6.07, 6.45) is -1.75. The Morgan fingerprint density at radius 2 is 2.29 bits per heavy atom. The largest absolute Gasteiger partial charge is 0.390 e. The molecule has 0 aliphatic carbocycles. The highest BCUT2D eigenvalue weighted by atomic mass is 79.9. The third-order valence-corrected chi connectivity index (χ3v) is 2.47. The van der Waals surface area contributed by atoms with Crippen molar-refractivity contribution in [1.82, 2.24) is 4.98 Å². The van der Waals surface area contributed by atoms with Crippen LogP contribution in [0.15, 0.2) is 10.7 Å². The van der Waals surface area contributed by atoms with Gasteiger partial charge in [-0.2, -0.15) is 5.26 Å². The molecule has 1 aromatic rings. The van der Waals surface area contributed by atoms with E-state index in [4.69, 9.17) is 10.4 Å². The monoisotopic (exact) mass is 262 g/mol. The standard InChI is InChI=1S/C8H5BrF2N2O/c9-7-4(1-12)6(3-14)13-2-5(7)8(10)11/h2,8,14H,3H2. The summed E-state index contributed by atoms with van der Waals surface area (Å²) < 4.78 is 24.7. The van der Waals surface area contributed by atoms with Gasteiger partial charge in [0.25, 0.3) is 6.43 Å². The van der Waals surface area contributed by atoms with Gasteiger partial charge in [-0.1, -0.05) is 0 Å². The van der Waals surface area contributed by atoms with Crippen molar-refractivity contribution in [2.45, 2.75) is 13.0 Å². The maximum absolute atomic E-state index is 12.3. The number of alkyl halides is 2. The molecule has 1 aromatic heterocycles. The zero-order chi connectivity index (χ0) is 10.7. The molecule has 1 rings (SSSR count). The molecule has 0 saturated heterocycles. The summed E-state index contributed by atoms with van der Waals surface area (Å²) in [6.45, 7) is -0.453. The highest BCUT2D eigenvalue weighted by Crippen LogP contribution is 2.30. The molecule has 0 fully saturated rings. The first-order valence-corrected chi connectivity index (χ1v) is 4.37. The maximum Gasteiger partial charge on any atom is 0.266 e. The van der Waals surface area contributed by atoms with Crippen molar-refractivity contribution in [3.8, 4) is 6.07 Å². The minimum absolute atomic E-state index is 0.00551. The van der Waals surface area contributed by atoms with Crippen LogP contribution in [0.25, 0.3) is 0 Å². The molecule has 0 aromatic carbocycles. The molecule has 3 nitrogen and oxygen atoms in total. The summed E-state index contributed by atoms with van der Waals surface area (Å²) in [6, 6.07) is 1.71. The molecule has 6 heteroatoms. The van der Waals surface area contributed by atoms with E-state index in [1.807, 2.05) is 0 Å². The summed E-state index contributed by atoms with van der Waals surface area (Å²) in [5, 5.41) is 17.4. The first-order valence-electron chi connectivity index (χ1n) is 3.58. The molecule has 1 N–H and O–H groups in total. The predicted molar refractivity (Wildman–Crippen MR) is 47.5 cm³/mol. The Kier molecular flexibility index (Phi) is 3.49. The highest BCUT2D eigenvalue weighted by Gasteiger charge is 2.17. The molecule has 0 saturated carbocycles. The second-order valence-electron chi connectivity index (χ2n) is 2.42. The van der Waals surface area contributed by atoms with Gasteiger partial charge in [-0.3, -0.25) is 4.98 Å². The molecule has 0 amide bonds. The summed E-state index contributed by atoms with van der Waals surface area (Å²) >= 11 is 2.88. The van der Waals surface area contributed by atoms with Crippen molar-refractivity contribution in [2.75, 3.05) is 0 Å². The molecule has 0 spiro atoms. The second-order valence-corrected chi connectivity index (χ2v) is 3.21. The lowest BCUT2D eigenvalue weighted by Gasteiger charge is -2.06. The first kappa shape index (κ1) is 11.0. The normalized spacial score (nSPS) is 10.3. The summed E-state index contributed by atoms with van der Waals surface area (Å²) in [5.74, 6) is 0. The van der Waals surface area contributed by atoms with Gasteiger partial charge in [-0.25, -0.2) is 8.78 Å². The Hall–Kier alpha value is -1.06. The number of aliphatic hydroxyl groups is 1. The lowest BCUT2D eigenvalue weighted by molar-refractivity contribution is 0.150. The second kappa shape index (κ2) is 4.44. The Morgan fingerprint density at radius 1 is 1.64 bits per heavy atom. The van der Waals surface area contributed by atoms with Gasteiger partial charge in [0.05, 0.1) is 23.4 Å². The van der Waals surface area contributed by atoms with Crippen LogP contribution >= 0.6 is 15.9 Å². The minimum atomic E-state index is -2.70. The summed E-state index contributed by atoms with van der Waals surface area (Å²) in [7, 11) is 0. The fraction of sp³-hybridized carbons (Fsp3) is 0.250. The van der Waals surface area contributed by atoms with E-state index in [1.54, 1.807) is 6.07 Å². The van der Waals surface area contributed by atoms with E-state index in [1.165, 1.54) is 0 Å². The smallest absolute Gasteiger partial charge is 0.266 e. The Labute approximate surface area is 87.1 Å². The topological polar surface area (TPSA) is 56.9 Å². The predicted octanol–water partition coefficient (Wildman–Crippen LogP) is 2.15. The average Bonchev–Trinajstić information content (AvgIpc) is 2.16. The number of nitrogens with zero attached hydrogens (tertiary/aromatic N) is 2. The summed E-state index contributed by atoms with van der Waals surface area (Å²) in [5.41, 5.74) is -0.312. The van der Waals surface area contributed by atoms with Gasteiger partial charge in [-0.05, 0) is 15.9 Å². The van der Waals surface area contributed by atoms with E-state index >= 15 is 0 Å². The lowest BCUT2D eigenvalue weighted by atomic mass is 10.1. The van der Waals surface area contributed by atoms with Crippen LogP contribution in [0, 0.1) is 11.3 Å². The van der Waals surface area contributed by atoms with Gasteiger partial charge in [0, 0.05) is 10.7 Å². The van der Waals surface area contributed by atoms with Gasteiger partial charge in [-0.15, -0.1) is 0 Å². The van der Waals surface area contributed by atoms with Crippen LogP contribution in [0.5, 0.6) is 0 Å². The average molecular weight is 263 g/mol. The van der Waals surface area contributed by atoms with Crippen LogP contribution in [-0.2, 0) is 6.61 Å². The Morgan fingerprint density at radius 3 is 2.71 bits per heavy atom. The SMILES string of the molecule is N#Cc1c(CO)ncc(C(F)F)c1Br. The lowest BCUT2D eigenvalue weighted by Crippen LogP contribution is -1.99. The number of pyridine rings is 1. The van der Waals surface area contributed by atoms with E-state index < -0.39 is 13.0 Å². The molecular weight excluding hydrogens is 258 g/mol. The maximum atomic E-state index is 12.3. The quantitative estimate of drug-likeness (QED) is 0.889. The van der Waals surface area contributed by atoms with E-state index in [0.29, 0.717) is 0 Å². The van der Waals surface area contributed by atoms with Crippen molar-refractivity contribution >= 4 is 15.9 Å². The first-order chi connectivity index (χ1) is 6.61. The highest BCUT2D eigenvalue weighted by molar-refractivity contribution is 9.10. The molecule has 0 atom stereocenters. The van der Waals surface area contributed by atoms with E-state index in [9.17, 15) is 8.78 Å². The van der Waals surface area contributed by atoms with Crippen LogP contribution in [0.3, 0.4) is 0 Å². The molecule has 14 heavy (non-hydrogen) atoms. The van der Waals surface area contributed by atoms with Crippen molar-refractivity contribution in [3.63, 3.8) is 0 Å². The Balaban J connectivity index is 3.37. The van der Waals surface area contributed by atoms with E-state index in [-0.39, 0.29) is 21.3 Å². The third-order valence-electron chi connectivity index (χ3n) is 1.62. The van der Waals surface area contributed by atoms with Crippen LogP contribution in [0.1, 0.15) is 23.2 Å². The number of rotatable bonds is 2. The zero-order valence-electron chi connectivity index (χ0n) is 6.84. The van der Waals surface area contributed by atoms with Crippen LogP contribution in [0.4, 0.5) is 8.78 Å². The van der Waals surface area contributed by atoms with Gasteiger partial charge in [0.1, 0.15) is 6.07 Å². The van der Waals surface area contributed by atoms with Gasteiger partial charge in [0.2, 0.25) is 0 Å². The molecule has 0 aliphatic rings. The van der Waals surface area contributed by atoms with Crippen molar-refractivity contribution in [2.24, 2.45) is 0 Å². The fourth-order valence-electron chi connectivity index (χ4n) is 0.925. The number of nitriles is 1. The van der Waals surface area contributed by atoms with Crippen molar-refractivity contribution in [1.29, 1.82) is 5.26 Å². The fourth-order valence-corrected chi connectivity index (χ4v) is 1.52. The van der Waals surface area contributed by atoms with Crippen LogP contribution < -0.4 is 0 Å². The molecule has 0 bridgehead atoms. The van der Waals surface area contributed by atoms with E-state index in [2.05, 4.69) is 20.9 Å². The summed E-state index contributed by atoms with van der Waals surface area (Å²) in [4.78, 5) is 3.57. The van der Waals surface area contributed by atoms with Gasteiger partial charge in [0.15, 0.2) is 0 Å². The van der Waals surface area contributed by atoms with Crippen molar-refractivity contribution in [3.05, 3.63) is 27.5 Å². The molecule has 0 aliphatic heterocycles. The van der Waals surface area contributed by atoms with Gasteiger partial charge >= 0.3 is 0 Å². The number of hydrogen-bond donors (Lipinski definition) is 1. The number of aromatic nitrogens is 1. The number of hydrogen-bond acceptors (Lipinski definition) is 3. The van der Waals surface area contributed by atoms with Crippen molar-refractivity contribution < 1.29 is 13.9 Å². The molecule has 0 unspecified atom stereocenters. The van der Waals surface area contributed by atoms with Crippen LogP contribution in [-0.4, -0.2) is 10.1 Å². The molecule has 74 valence electrons. The zero-order valence-corrected chi connectivity index (χ0v) is 8.42. The molecule has 1 heterocycles. The molecular formula is C8H5BrF2N2O.